The first-order valence-electron chi connectivity index (χ1n) is 11.2. The molecular weight excluding hydrogens is 398 g/mol. The van der Waals surface area contributed by atoms with Gasteiger partial charge in [0.1, 0.15) is 11.7 Å². The molecule has 0 amide bonds. The highest BCUT2D eigenvalue weighted by molar-refractivity contribution is 5.75. The number of nitriles is 1. The fourth-order valence-electron chi connectivity index (χ4n) is 6.56. The summed E-state index contributed by atoms with van der Waals surface area (Å²) in [6.07, 6.45) is 3.03. The van der Waals surface area contributed by atoms with Gasteiger partial charge < -0.3 is 24.4 Å². The molecule has 170 valence electrons. The van der Waals surface area contributed by atoms with Gasteiger partial charge in [0.15, 0.2) is 6.10 Å². The number of rotatable bonds is 2. The number of hydrogen-bond acceptors (Lipinski definition) is 7. The van der Waals surface area contributed by atoms with Crippen molar-refractivity contribution < 1.29 is 29.2 Å². The van der Waals surface area contributed by atoms with E-state index in [0.29, 0.717) is 6.42 Å². The lowest BCUT2D eigenvalue weighted by Gasteiger charge is -2.48. The highest BCUT2D eigenvalue weighted by atomic mass is 16.6. The van der Waals surface area contributed by atoms with E-state index in [0.717, 1.165) is 5.57 Å². The van der Waals surface area contributed by atoms with Crippen LogP contribution in [0.15, 0.2) is 23.8 Å². The second-order valence-electron chi connectivity index (χ2n) is 9.79. The summed E-state index contributed by atoms with van der Waals surface area (Å²) in [5, 5.41) is 31.4. The molecule has 7 nitrogen and oxygen atoms in total. The number of carbonyl (C=O) groups excluding carboxylic acids is 1. The molecule has 1 unspecified atom stereocenters. The number of carbonyl (C=O) groups is 1. The molecule has 0 radical (unpaired) electrons. The topological polar surface area (TPSA) is 109 Å². The first-order valence-corrected chi connectivity index (χ1v) is 11.2. The van der Waals surface area contributed by atoms with E-state index in [1.807, 2.05) is 26.8 Å². The van der Waals surface area contributed by atoms with Crippen molar-refractivity contribution in [1.29, 1.82) is 5.26 Å². The Bertz CT molecular complexity index is 830. The van der Waals surface area contributed by atoms with Gasteiger partial charge in [-0.15, -0.1) is 0 Å². The Labute approximate surface area is 183 Å². The maximum absolute atomic E-state index is 12.9. The Kier molecular flexibility index (Phi) is 5.80. The number of ether oxygens (including phenoxy) is 3. The van der Waals surface area contributed by atoms with Crippen LogP contribution in [0, 0.1) is 46.8 Å². The predicted octanol–water partition coefficient (Wildman–Crippen LogP) is 1.99. The number of hydrogen-bond donors (Lipinski definition) is 2. The molecule has 2 fully saturated rings. The van der Waals surface area contributed by atoms with Crippen LogP contribution in [-0.2, 0) is 19.0 Å². The average molecular weight is 432 g/mol. The first-order chi connectivity index (χ1) is 14.7. The Morgan fingerprint density at radius 2 is 2.06 bits per heavy atom. The molecule has 2 heterocycles. The van der Waals surface area contributed by atoms with E-state index >= 15 is 0 Å². The number of nitrogens with zero attached hydrogens (tertiary/aromatic N) is 1. The normalized spacial score (nSPS) is 51.7. The van der Waals surface area contributed by atoms with Gasteiger partial charge in [0.2, 0.25) is 0 Å². The molecule has 4 rings (SSSR count). The summed E-state index contributed by atoms with van der Waals surface area (Å²) in [5.74, 6) is -1.90. The molecule has 1 spiro atoms. The van der Waals surface area contributed by atoms with Crippen molar-refractivity contribution >= 4 is 5.97 Å². The van der Waals surface area contributed by atoms with Gasteiger partial charge in [0.25, 0.3) is 0 Å². The van der Waals surface area contributed by atoms with E-state index in [4.69, 9.17) is 14.2 Å². The minimum absolute atomic E-state index is 0.0609. The smallest absolute Gasteiger partial charge is 0.335 e. The lowest BCUT2D eigenvalue weighted by molar-refractivity contribution is -0.172. The van der Waals surface area contributed by atoms with Crippen molar-refractivity contribution in [2.45, 2.75) is 70.2 Å². The van der Waals surface area contributed by atoms with Crippen molar-refractivity contribution in [2.24, 2.45) is 35.5 Å². The van der Waals surface area contributed by atoms with Crippen LogP contribution in [0.1, 0.15) is 34.1 Å². The van der Waals surface area contributed by atoms with Crippen LogP contribution < -0.4 is 0 Å². The van der Waals surface area contributed by atoms with Crippen molar-refractivity contribution in [2.75, 3.05) is 7.11 Å². The molecule has 1 saturated heterocycles. The Morgan fingerprint density at radius 3 is 2.68 bits per heavy atom. The van der Waals surface area contributed by atoms with Crippen LogP contribution in [0.2, 0.25) is 0 Å². The largest absolute Gasteiger partial charge is 0.457 e. The van der Waals surface area contributed by atoms with E-state index in [2.05, 4.69) is 18.2 Å². The van der Waals surface area contributed by atoms with Crippen molar-refractivity contribution in [3.63, 3.8) is 0 Å². The van der Waals surface area contributed by atoms with Crippen LogP contribution in [0.4, 0.5) is 0 Å². The number of esters is 1. The third-order valence-electron chi connectivity index (χ3n) is 8.10. The fourth-order valence-corrected chi connectivity index (χ4v) is 6.56. The standard InChI is InChI=1S/C24H33NO6/c1-11-8-12(2)24-15(9-18(29-5)23(28)30-21(11)14(4)26)6-7-16-19(24)20(27)13(3)17(10-25)22(16)31-24/h6-8,11,13-22,26-27H,9H2,1-5H3/b12-8-/t11-,13?,14-,15-,16-,17-,18+,19+,20-,21+,22+,24+/m1/s1. The lowest BCUT2D eigenvalue weighted by Crippen LogP contribution is -2.55. The van der Waals surface area contributed by atoms with Gasteiger partial charge in [-0.3, -0.25) is 0 Å². The predicted molar refractivity (Wildman–Crippen MR) is 111 cm³/mol. The summed E-state index contributed by atoms with van der Waals surface area (Å²) >= 11 is 0. The Balaban J connectivity index is 1.88. The molecule has 4 bridgehead atoms. The van der Waals surface area contributed by atoms with Gasteiger partial charge in [-0.1, -0.05) is 32.1 Å². The molecule has 12 atom stereocenters. The SMILES string of the molecule is CO[C@H]1C[C@H]2C=C[C@H]3[C@@H]4O[C@]2(/C(C)=C\[C@@H](C)[C@@H]([C@@H](C)O)OC1=O)[C@@H]3[C@H](O)C(C)[C@H]4C#N. The highest BCUT2D eigenvalue weighted by Crippen LogP contribution is 2.61. The lowest BCUT2D eigenvalue weighted by atomic mass is 9.56. The molecule has 2 aliphatic heterocycles. The Morgan fingerprint density at radius 1 is 1.35 bits per heavy atom. The number of aliphatic hydroxyl groups excluding tert-OH is 2. The monoisotopic (exact) mass is 431 g/mol. The quantitative estimate of drug-likeness (QED) is 0.508. The Hall–Kier alpha value is -1.72. The van der Waals surface area contributed by atoms with E-state index in [9.17, 15) is 20.3 Å². The molecule has 2 aliphatic carbocycles. The number of aliphatic hydroxyl groups is 2. The van der Waals surface area contributed by atoms with Gasteiger partial charge in [0, 0.05) is 36.7 Å². The van der Waals surface area contributed by atoms with Gasteiger partial charge in [-0.25, -0.2) is 4.79 Å². The number of methoxy groups -OCH3 is 1. The molecule has 0 aromatic rings. The summed E-state index contributed by atoms with van der Waals surface area (Å²) in [6.45, 7) is 7.41. The summed E-state index contributed by atoms with van der Waals surface area (Å²) < 4.78 is 17.9. The molecule has 31 heavy (non-hydrogen) atoms. The van der Waals surface area contributed by atoms with Crippen LogP contribution in [-0.4, -0.2) is 59.4 Å². The zero-order valence-corrected chi connectivity index (χ0v) is 18.8. The summed E-state index contributed by atoms with van der Waals surface area (Å²) in [4.78, 5) is 12.9. The molecule has 2 N–H and O–H groups in total. The van der Waals surface area contributed by atoms with Crippen LogP contribution >= 0.6 is 0 Å². The highest BCUT2D eigenvalue weighted by Gasteiger charge is 2.68. The van der Waals surface area contributed by atoms with E-state index < -0.39 is 41.9 Å². The second kappa shape index (κ2) is 8.00. The average Bonchev–Trinajstić information content (AvgIpc) is 2.91. The molecule has 4 aliphatic rings. The maximum Gasteiger partial charge on any atom is 0.335 e. The van der Waals surface area contributed by atoms with Crippen LogP contribution in [0.3, 0.4) is 0 Å². The molecule has 0 aromatic carbocycles. The van der Waals surface area contributed by atoms with Crippen molar-refractivity contribution in [3.8, 4) is 6.07 Å². The minimum Gasteiger partial charge on any atom is -0.457 e. The first kappa shape index (κ1) is 22.5. The zero-order valence-electron chi connectivity index (χ0n) is 18.8. The van der Waals surface area contributed by atoms with Crippen LogP contribution in [0.25, 0.3) is 0 Å². The van der Waals surface area contributed by atoms with Gasteiger partial charge in [0.05, 0.1) is 30.3 Å². The molecule has 7 heteroatoms. The summed E-state index contributed by atoms with van der Waals surface area (Å²) in [7, 11) is 1.47. The summed E-state index contributed by atoms with van der Waals surface area (Å²) in [5.41, 5.74) is 0.102. The van der Waals surface area contributed by atoms with E-state index in [-0.39, 0.29) is 35.7 Å². The van der Waals surface area contributed by atoms with Crippen molar-refractivity contribution in [1.82, 2.24) is 0 Å². The van der Waals surface area contributed by atoms with Gasteiger partial charge in [-0.05, 0) is 25.8 Å². The van der Waals surface area contributed by atoms with E-state index in [1.165, 1.54) is 7.11 Å². The zero-order chi connectivity index (χ0) is 22.7. The maximum atomic E-state index is 12.9. The fraction of sp³-hybridized carbons (Fsp3) is 0.750. The molecule has 0 aromatic heterocycles. The van der Waals surface area contributed by atoms with Gasteiger partial charge >= 0.3 is 5.97 Å². The van der Waals surface area contributed by atoms with E-state index in [1.54, 1.807) is 6.92 Å². The third-order valence-corrected chi connectivity index (χ3v) is 8.10. The molecular formula is C24H33NO6. The minimum atomic E-state index is -0.857. The second-order valence-corrected chi connectivity index (χ2v) is 9.79. The third kappa shape index (κ3) is 3.19. The van der Waals surface area contributed by atoms with Gasteiger partial charge in [-0.2, -0.15) is 5.26 Å². The van der Waals surface area contributed by atoms with Crippen molar-refractivity contribution in [3.05, 3.63) is 23.8 Å². The molecule has 1 saturated carbocycles. The summed E-state index contributed by atoms with van der Waals surface area (Å²) in [6, 6.07) is 2.37. The van der Waals surface area contributed by atoms with Crippen LogP contribution in [0.5, 0.6) is 0 Å². The number of cyclic esters (lactones) is 1.